The summed E-state index contributed by atoms with van der Waals surface area (Å²) < 4.78 is 0. The predicted molar refractivity (Wildman–Crippen MR) is 64.0 cm³/mol. The van der Waals surface area contributed by atoms with Crippen LogP contribution >= 0.6 is 0 Å². The molecule has 1 saturated heterocycles. The molecule has 0 aromatic heterocycles. The van der Waals surface area contributed by atoms with E-state index in [1.54, 1.807) is 0 Å². The first kappa shape index (κ1) is 11.9. The van der Waals surface area contributed by atoms with E-state index in [1.807, 2.05) is 4.90 Å². The maximum Gasteiger partial charge on any atom is 0.236 e. The molecule has 1 aliphatic heterocycles. The molecule has 1 amide bonds. The van der Waals surface area contributed by atoms with Crippen LogP contribution in [0.25, 0.3) is 0 Å². The van der Waals surface area contributed by atoms with E-state index >= 15 is 0 Å². The summed E-state index contributed by atoms with van der Waals surface area (Å²) in [5.74, 6) is 0.801. The summed E-state index contributed by atoms with van der Waals surface area (Å²) in [6, 6.07) is 0.773. The van der Waals surface area contributed by atoms with Gasteiger partial charge in [0, 0.05) is 31.7 Å². The van der Waals surface area contributed by atoms with E-state index in [9.17, 15) is 4.79 Å². The van der Waals surface area contributed by atoms with E-state index in [0.717, 1.165) is 19.6 Å². The molecular formula is C12H23N3O. The Balaban J connectivity index is 1.82. The van der Waals surface area contributed by atoms with Crippen LogP contribution in [0.1, 0.15) is 26.7 Å². The molecule has 4 nitrogen and oxygen atoms in total. The summed E-state index contributed by atoms with van der Waals surface area (Å²) in [7, 11) is 0. The molecule has 2 unspecified atom stereocenters. The van der Waals surface area contributed by atoms with Gasteiger partial charge in [-0.05, 0) is 25.7 Å². The van der Waals surface area contributed by atoms with Crippen molar-refractivity contribution < 1.29 is 4.79 Å². The van der Waals surface area contributed by atoms with Crippen LogP contribution in [0.4, 0.5) is 0 Å². The molecular weight excluding hydrogens is 202 g/mol. The molecule has 1 saturated carbocycles. The van der Waals surface area contributed by atoms with Crippen molar-refractivity contribution in [2.45, 2.75) is 38.8 Å². The van der Waals surface area contributed by atoms with Gasteiger partial charge in [0.2, 0.25) is 5.91 Å². The second kappa shape index (κ2) is 4.72. The van der Waals surface area contributed by atoms with Crippen molar-refractivity contribution in [2.75, 3.05) is 26.2 Å². The Morgan fingerprint density at radius 1 is 1.44 bits per heavy atom. The molecule has 92 valence electrons. The number of likely N-dealkylation sites (tertiary alicyclic amines) is 1. The number of nitrogens with two attached hydrogens (primary N) is 1. The molecule has 2 rings (SSSR count). The molecule has 2 fully saturated rings. The van der Waals surface area contributed by atoms with Gasteiger partial charge in [0.05, 0.1) is 6.54 Å². The summed E-state index contributed by atoms with van der Waals surface area (Å²) in [5, 5.41) is 0. The fourth-order valence-electron chi connectivity index (χ4n) is 2.53. The van der Waals surface area contributed by atoms with Crippen molar-refractivity contribution in [2.24, 2.45) is 11.7 Å². The van der Waals surface area contributed by atoms with Crippen LogP contribution in [0.3, 0.4) is 0 Å². The average Bonchev–Trinajstić information content (AvgIpc) is 2.97. The van der Waals surface area contributed by atoms with Gasteiger partial charge in [-0.15, -0.1) is 0 Å². The van der Waals surface area contributed by atoms with E-state index in [1.165, 1.54) is 12.8 Å². The Labute approximate surface area is 97.8 Å². The zero-order valence-corrected chi connectivity index (χ0v) is 10.4. The van der Waals surface area contributed by atoms with Crippen LogP contribution < -0.4 is 5.73 Å². The maximum absolute atomic E-state index is 12.1. The molecule has 2 N–H and O–H groups in total. The number of rotatable bonds is 4. The third kappa shape index (κ3) is 2.55. The van der Waals surface area contributed by atoms with Gasteiger partial charge >= 0.3 is 0 Å². The SMILES string of the molecule is CCN(C(=O)CN1CC(C)C(N)C1)C1CC1. The van der Waals surface area contributed by atoms with Crippen LogP contribution in [0.15, 0.2) is 0 Å². The molecule has 0 aromatic carbocycles. The van der Waals surface area contributed by atoms with E-state index in [2.05, 4.69) is 18.7 Å². The smallest absolute Gasteiger partial charge is 0.236 e. The number of hydrogen-bond donors (Lipinski definition) is 1. The lowest BCUT2D eigenvalue weighted by Crippen LogP contribution is -2.41. The van der Waals surface area contributed by atoms with Crippen LogP contribution in [0.5, 0.6) is 0 Å². The number of likely N-dealkylation sites (N-methyl/N-ethyl adjacent to an activating group) is 1. The Morgan fingerprint density at radius 3 is 2.56 bits per heavy atom. The molecule has 0 aromatic rings. The van der Waals surface area contributed by atoms with Crippen molar-refractivity contribution >= 4 is 5.91 Å². The molecule has 4 heteroatoms. The average molecular weight is 225 g/mol. The number of hydrogen-bond acceptors (Lipinski definition) is 3. The monoisotopic (exact) mass is 225 g/mol. The lowest BCUT2D eigenvalue weighted by molar-refractivity contribution is -0.132. The first-order valence-corrected chi connectivity index (χ1v) is 6.39. The largest absolute Gasteiger partial charge is 0.339 e. The van der Waals surface area contributed by atoms with Gasteiger partial charge in [-0.2, -0.15) is 0 Å². The van der Waals surface area contributed by atoms with Gasteiger partial charge in [-0.25, -0.2) is 0 Å². The highest BCUT2D eigenvalue weighted by molar-refractivity contribution is 5.79. The number of carbonyl (C=O) groups is 1. The number of amides is 1. The quantitative estimate of drug-likeness (QED) is 0.747. The van der Waals surface area contributed by atoms with Gasteiger partial charge in [-0.3, -0.25) is 9.69 Å². The number of nitrogens with zero attached hydrogens (tertiary/aromatic N) is 2. The molecule has 0 radical (unpaired) electrons. The van der Waals surface area contributed by atoms with Gasteiger partial charge in [0.15, 0.2) is 0 Å². The fourth-order valence-corrected chi connectivity index (χ4v) is 2.53. The highest BCUT2D eigenvalue weighted by Crippen LogP contribution is 2.27. The summed E-state index contributed by atoms with van der Waals surface area (Å²) in [5.41, 5.74) is 5.96. The summed E-state index contributed by atoms with van der Waals surface area (Å²) in [6.45, 7) is 7.47. The van der Waals surface area contributed by atoms with E-state index in [-0.39, 0.29) is 11.9 Å². The van der Waals surface area contributed by atoms with Crippen molar-refractivity contribution in [3.05, 3.63) is 0 Å². The summed E-state index contributed by atoms with van der Waals surface area (Å²) in [6.07, 6.45) is 2.38. The molecule has 1 heterocycles. The Hall–Kier alpha value is -0.610. The second-order valence-corrected chi connectivity index (χ2v) is 5.25. The lowest BCUT2D eigenvalue weighted by atomic mass is 10.1. The summed E-state index contributed by atoms with van der Waals surface area (Å²) in [4.78, 5) is 16.3. The predicted octanol–water partition coefficient (Wildman–Crippen LogP) is 0.276. The van der Waals surface area contributed by atoms with Crippen LogP contribution in [0, 0.1) is 5.92 Å². The second-order valence-electron chi connectivity index (χ2n) is 5.25. The molecule has 0 spiro atoms. The molecule has 0 bridgehead atoms. The van der Waals surface area contributed by atoms with Crippen LogP contribution in [0.2, 0.25) is 0 Å². The summed E-state index contributed by atoms with van der Waals surface area (Å²) >= 11 is 0. The van der Waals surface area contributed by atoms with Crippen LogP contribution in [-0.4, -0.2) is 54.0 Å². The first-order valence-electron chi connectivity index (χ1n) is 6.39. The zero-order chi connectivity index (χ0) is 11.7. The molecule has 1 aliphatic carbocycles. The van der Waals surface area contributed by atoms with E-state index in [4.69, 9.17) is 5.73 Å². The van der Waals surface area contributed by atoms with Gasteiger partial charge in [-0.1, -0.05) is 6.92 Å². The van der Waals surface area contributed by atoms with Gasteiger partial charge in [0.25, 0.3) is 0 Å². The van der Waals surface area contributed by atoms with E-state index in [0.29, 0.717) is 18.5 Å². The Morgan fingerprint density at radius 2 is 2.12 bits per heavy atom. The number of carbonyl (C=O) groups excluding carboxylic acids is 1. The van der Waals surface area contributed by atoms with Crippen molar-refractivity contribution in [3.8, 4) is 0 Å². The maximum atomic E-state index is 12.1. The molecule has 16 heavy (non-hydrogen) atoms. The normalized spacial score (nSPS) is 30.7. The lowest BCUT2D eigenvalue weighted by Gasteiger charge is -2.23. The zero-order valence-electron chi connectivity index (χ0n) is 10.4. The third-order valence-corrected chi connectivity index (χ3v) is 3.75. The van der Waals surface area contributed by atoms with Gasteiger partial charge < -0.3 is 10.6 Å². The Bertz CT molecular complexity index is 255. The Kier molecular flexibility index (Phi) is 3.50. The highest BCUT2D eigenvalue weighted by Gasteiger charge is 2.34. The van der Waals surface area contributed by atoms with Crippen LogP contribution in [-0.2, 0) is 4.79 Å². The minimum absolute atomic E-state index is 0.240. The highest BCUT2D eigenvalue weighted by atomic mass is 16.2. The van der Waals surface area contributed by atoms with Crippen molar-refractivity contribution in [3.63, 3.8) is 0 Å². The fraction of sp³-hybridized carbons (Fsp3) is 0.917. The topological polar surface area (TPSA) is 49.6 Å². The molecule has 2 atom stereocenters. The standard InChI is InChI=1S/C12H23N3O/c1-3-15(10-4-5-10)12(16)8-14-6-9(2)11(13)7-14/h9-11H,3-8,13H2,1-2H3. The van der Waals surface area contributed by atoms with Crippen molar-refractivity contribution in [1.82, 2.24) is 9.80 Å². The van der Waals surface area contributed by atoms with Crippen molar-refractivity contribution in [1.29, 1.82) is 0 Å². The molecule has 2 aliphatic rings. The van der Waals surface area contributed by atoms with Gasteiger partial charge in [0.1, 0.15) is 0 Å². The first-order chi connectivity index (χ1) is 7.61. The van der Waals surface area contributed by atoms with E-state index < -0.39 is 0 Å². The minimum atomic E-state index is 0.240. The third-order valence-electron chi connectivity index (χ3n) is 3.75. The minimum Gasteiger partial charge on any atom is -0.339 e.